The molecule has 0 bridgehead atoms. The molecular formula is C34H27N5O4. The zero-order valence-electron chi connectivity index (χ0n) is 23.2. The van der Waals surface area contributed by atoms with Crippen LogP contribution in [0, 0.1) is 6.92 Å². The second-order valence-corrected chi connectivity index (χ2v) is 9.99. The van der Waals surface area contributed by atoms with Gasteiger partial charge in [-0.1, -0.05) is 60.7 Å². The van der Waals surface area contributed by atoms with Crippen LogP contribution < -0.4 is 16.4 Å². The van der Waals surface area contributed by atoms with Crippen molar-refractivity contribution < 1.29 is 19.1 Å². The summed E-state index contributed by atoms with van der Waals surface area (Å²) in [5.74, 6) is -0.886. The Hall–Kier alpha value is -5.96. The van der Waals surface area contributed by atoms with Gasteiger partial charge >= 0.3 is 6.09 Å². The van der Waals surface area contributed by atoms with E-state index >= 15 is 0 Å². The highest BCUT2D eigenvalue weighted by Crippen LogP contribution is 2.39. The number of nitrogens with one attached hydrogen (secondary N) is 3. The number of nitrogens with two attached hydrogens (primary N) is 1. The predicted octanol–water partition coefficient (Wildman–Crippen LogP) is 6.79. The highest BCUT2D eigenvalue weighted by Gasteiger charge is 2.19. The number of ether oxygens (including phenoxy) is 1. The summed E-state index contributed by atoms with van der Waals surface area (Å²) in [4.78, 5) is 45.2. The van der Waals surface area contributed by atoms with Crippen LogP contribution in [0.15, 0.2) is 103 Å². The minimum atomic E-state index is -0.585. The first-order chi connectivity index (χ1) is 20.9. The normalized spacial score (nSPS) is 10.9. The quantitative estimate of drug-likeness (QED) is 0.168. The number of amides is 3. The number of benzene rings is 4. The van der Waals surface area contributed by atoms with Gasteiger partial charge in [0.1, 0.15) is 12.3 Å². The minimum Gasteiger partial charge on any atom is -0.444 e. The van der Waals surface area contributed by atoms with Crippen LogP contribution >= 0.6 is 0 Å². The minimum absolute atomic E-state index is 0.146. The maximum absolute atomic E-state index is 12.8. The fraction of sp³-hybridized carbons (Fsp3) is 0.0588. The van der Waals surface area contributed by atoms with Crippen molar-refractivity contribution in [3.05, 3.63) is 126 Å². The summed E-state index contributed by atoms with van der Waals surface area (Å²) in [5, 5.41) is 7.34. The van der Waals surface area contributed by atoms with Crippen LogP contribution in [0.5, 0.6) is 0 Å². The van der Waals surface area contributed by atoms with Crippen molar-refractivity contribution in [2.24, 2.45) is 5.73 Å². The molecule has 0 radical (unpaired) electrons. The van der Waals surface area contributed by atoms with Gasteiger partial charge in [-0.2, -0.15) is 0 Å². The zero-order valence-corrected chi connectivity index (χ0v) is 23.2. The Morgan fingerprint density at radius 2 is 1.67 bits per heavy atom. The maximum Gasteiger partial charge on any atom is 0.411 e. The first-order valence-electron chi connectivity index (χ1n) is 13.6. The molecule has 3 amide bonds. The Morgan fingerprint density at radius 3 is 2.44 bits per heavy atom. The van der Waals surface area contributed by atoms with Crippen LogP contribution in [0.3, 0.4) is 0 Å². The number of H-pyrrole nitrogens is 1. The lowest BCUT2D eigenvalue weighted by atomic mass is 9.93. The van der Waals surface area contributed by atoms with Crippen molar-refractivity contribution >= 4 is 51.1 Å². The van der Waals surface area contributed by atoms with E-state index in [0.717, 1.165) is 33.0 Å². The lowest BCUT2D eigenvalue weighted by molar-refractivity contribution is 0.0998. The molecule has 2 heterocycles. The van der Waals surface area contributed by atoms with Gasteiger partial charge in [0.2, 0.25) is 0 Å². The first kappa shape index (κ1) is 27.2. The van der Waals surface area contributed by atoms with E-state index in [9.17, 15) is 14.4 Å². The van der Waals surface area contributed by atoms with Gasteiger partial charge in [0.15, 0.2) is 0 Å². The number of primary amides is 1. The molecule has 0 aliphatic heterocycles. The number of aromatic amines is 1. The third-order valence-electron chi connectivity index (χ3n) is 7.25. The number of hydrogen-bond donors (Lipinski definition) is 4. The molecule has 4 aromatic carbocycles. The van der Waals surface area contributed by atoms with Crippen molar-refractivity contribution in [2.45, 2.75) is 13.5 Å². The standard InChI is InChI=1S/C34H27N5O4/c1-20-23(10-7-12-27(20)39-33(41)28-11-5-6-17-36-28)24-15-16-26(32(35)40)31-30(24)25-14-13-22(18-29(25)38-31)37-34(42)43-19-21-8-3-2-4-9-21/h2-18,38H,19H2,1H3,(H2,35,40)(H,37,42)(H,39,41). The average Bonchev–Trinajstić information content (AvgIpc) is 3.40. The molecule has 2 aromatic heterocycles. The average molecular weight is 570 g/mol. The molecule has 0 aliphatic rings. The van der Waals surface area contributed by atoms with Gasteiger partial charge < -0.3 is 20.8 Å². The Balaban J connectivity index is 1.36. The third-order valence-corrected chi connectivity index (χ3v) is 7.25. The van der Waals surface area contributed by atoms with Gasteiger partial charge in [0.25, 0.3) is 11.8 Å². The van der Waals surface area contributed by atoms with Crippen LogP contribution in [-0.2, 0) is 11.3 Å². The Kier molecular flexibility index (Phi) is 7.28. The lowest BCUT2D eigenvalue weighted by Gasteiger charge is -2.14. The number of pyridine rings is 1. The first-order valence-corrected chi connectivity index (χ1v) is 13.6. The molecule has 43 heavy (non-hydrogen) atoms. The van der Waals surface area contributed by atoms with Gasteiger partial charge in [-0.3, -0.25) is 19.9 Å². The monoisotopic (exact) mass is 569 g/mol. The van der Waals surface area contributed by atoms with E-state index < -0.39 is 12.0 Å². The van der Waals surface area contributed by atoms with Gasteiger partial charge in [-0.25, -0.2) is 4.79 Å². The van der Waals surface area contributed by atoms with Gasteiger partial charge in [0, 0.05) is 33.9 Å². The summed E-state index contributed by atoms with van der Waals surface area (Å²) in [6.07, 6.45) is 0.985. The van der Waals surface area contributed by atoms with Crippen LogP contribution in [0.2, 0.25) is 0 Å². The topological polar surface area (TPSA) is 139 Å². The molecule has 9 heteroatoms. The number of nitrogens with zero attached hydrogens (tertiary/aromatic N) is 1. The maximum atomic E-state index is 12.8. The second kappa shape index (κ2) is 11.5. The molecule has 0 unspecified atom stereocenters. The summed E-state index contributed by atoms with van der Waals surface area (Å²) in [5.41, 5.74) is 12.3. The number of hydrogen-bond acceptors (Lipinski definition) is 5. The van der Waals surface area contributed by atoms with Crippen molar-refractivity contribution in [3.8, 4) is 11.1 Å². The number of carbonyl (C=O) groups excluding carboxylic acids is 3. The highest BCUT2D eigenvalue weighted by atomic mass is 16.5. The molecule has 9 nitrogen and oxygen atoms in total. The predicted molar refractivity (Wildman–Crippen MR) is 167 cm³/mol. The molecule has 0 saturated heterocycles. The third kappa shape index (κ3) is 5.51. The number of aromatic nitrogens is 2. The van der Waals surface area contributed by atoms with E-state index in [1.807, 2.05) is 67.6 Å². The SMILES string of the molecule is Cc1c(NC(=O)c2ccccn2)cccc1-c1ccc(C(N)=O)c2[nH]c3cc(NC(=O)OCc4ccccc4)ccc3c12. The number of fused-ring (bicyclic) bond motifs is 3. The summed E-state index contributed by atoms with van der Waals surface area (Å²) in [7, 11) is 0. The van der Waals surface area contributed by atoms with E-state index in [2.05, 4.69) is 20.6 Å². The summed E-state index contributed by atoms with van der Waals surface area (Å²) < 4.78 is 5.36. The Labute approximate surface area is 246 Å². The molecule has 0 saturated carbocycles. The summed E-state index contributed by atoms with van der Waals surface area (Å²) in [6.45, 7) is 2.07. The highest BCUT2D eigenvalue weighted by molar-refractivity contribution is 6.20. The molecule has 212 valence electrons. The van der Waals surface area contributed by atoms with Crippen LogP contribution in [0.25, 0.3) is 32.9 Å². The Bertz CT molecular complexity index is 2000. The van der Waals surface area contributed by atoms with Crippen molar-refractivity contribution in [2.75, 3.05) is 10.6 Å². The van der Waals surface area contributed by atoms with E-state index in [1.54, 1.807) is 42.6 Å². The van der Waals surface area contributed by atoms with Crippen molar-refractivity contribution in [1.82, 2.24) is 9.97 Å². The van der Waals surface area contributed by atoms with Crippen LogP contribution in [0.1, 0.15) is 32.0 Å². The summed E-state index contributed by atoms with van der Waals surface area (Å²) in [6, 6.07) is 29.2. The zero-order chi connectivity index (χ0) is 29.9. The van der Waals surface area contributed by atoms with E-state index in [1.165, 1.54) is 0 Å². The molecule has 6 aromatic rings. The fourth-order valence-corrected chi connectivity index (χ4v) is 5.14. The molecule has 0 spiro atoms. The summed E-state index contributed by atoms with van der Waals surface area (Å²) >= 11 is 0. The number of rotatable bonds is 7. The van der Waals surface area contributed by atoms with Gasteiger partial charge in [-0.05, 0) is 65.6 Å². The van der Waals surface area contributed by atoms with E-state index in [0.29, 0.717) is 33.7 Å². The second-order valence-electron chi connectivity index (χ2n) is 9.99. The van der Waals surface area contributed by atoms with Gasteiger partial charge in [-0.15, -0.1) is 0 Å². The number of anilines is 2. The number of carbonyl (C=O) groups is 3. The fourth-order valence-electron chi connectivity index (χ4n) is 5.14. The van der Waals surface area contributed by atoms with Crippen LogP contribution in [0.4, 0.5) is 16.2 Å². The largest absolute Gasteiger partial charge is 0.444 e. The lowest BCUT2D eigenvalue weighted by Crippen LogP contribution is -2.14. The van der Waals surface area contributed by atoms with Crippen molar-refractivity contribution in [3.63, 3.8) is 0 Å². The Morgan fingerprint density at radius 1 is 0.860 bits per heavy atom. The van der Waals surface area contributed by atoms with E-state index in [4.69, 9.17) is 10.5 Å². The molecule has 5 N–H and O–H groups in total. The van der Waals surface area contributed by atoms with Crippen molar-refractivity contribution in [1.29, 1.82) is 0 Å². The molecule has 0 fully saturated rings. The molecule has 0 aliphatic carbocycles. The molecule has 6 rings (SSSR count). The molecule has 0 atom stereocenters. The smallest absolute Gasteiger partial charge is 0.411 e. The van der Waals surface area contributed by atoms with Gasteiger partial charge in [0.05, 0.1) is 11.1 Å². The van der Waals surface area contributed by atoms with Crippen LogP contribution in [-0.4, -0.2) is 27.9 Å². The molecular weight excluding hydrogens is 542 g/mol. The van der Waals surface area contributed by atoms with E-state index in [-0.39, 0.29) is 12.5 Å².